The lowest BCUT2D eigenvalue weighted by molar-refractivity contribution is -0.129. The molecule has 1 aliphatic carbocycles. The van der Waals surface area contributed by atoms with Gasteiger partial charge in [0.15, 0.2) is 0 Å². The molecule has 1 saturated heterocycles. The number of ether oxygens (including phenoxy) is 2. The average Bonchev–Trinajstić information content (AvgIpc) is 3.79. The van der Waals surface area contributed by atoms with Crippen molar-refractivity contribution in [2.24, 2.45) is 11.3 Å². The van der Waals surface area contributed by atoms with Crippen molar-refractivity contribution in [1.82, 2.24) is 30.2 Å². The first-order chi connectivity index (χ1) is 23.9. The third kappa shape index (κ3) is 8.17. The van der Waals surface area contributed by atoms with Crippen molar-refractivity contribution in [3.8, 4) is 17.0 Å². The third-order valence-electron chi connectivity index (χ3n) is 9.87. The van der Waals surface area contributed by atoms with Gasteiger partial charge in [-0.25, -0.2) is 14.8 Å². The number of fused-ring (bicyclic) bond motifs is 1. The molecule has 12 nitrogen and oxygen atoms in total. The summed E-state index contributed by atoms with van der Waals surface area (Å²) in [5.41, 5.74) is 2.98. The van der Waals surface area contributed by atoms with Gasteiger partial charge in [-0.15, -0.1) is 0 Å². The number of unbranched alkanes of at least 4 members (excludes halogenated alkanes) is 2. The molecule has 1 aromatic carbocycles. The molecule has 2 fully saturated rings. The number of aromatic amines is 1. The highest BCUT2D eigenvalue weighted by Crippen LogP contribution is 2.46. The Morgan fingerprint density at radius 1 is 1.10 bits per heavy atom. The Labute approximate surface area is 292 Å². The number of likely N-dealkylation sites (tertiary alicyclic amines) is 1. The highest BCUT2D eigenvalue weighted by molar-refractivity contribution is 5.91. The number of H-pyrrole nitrogens is 1. The molecule has 1 spiro atoms. The minimum absolute atomic E-state index is 0.0231. The van der Waals surface area contributed by atoms with Crippen LogP contribution in [0.2, 0.25) is 0 Å². The Kier molecular flexibility index (Phi) is 10.3. The summed E-state index contributed by atoms with van der Waals surface area (Å²) in [4.78, 5) is 57.2. The molecule has 3 aromatic heterocycles. The Morgan fingerprint density at radius 2 is 1.88 bits per heavy atom. The zero-order valence-electron chi connectivity index (χ0n) is 29.7. The molecule has 1 saturated carbocycles. The number of methoxy groups -OCH3 is 1. The van der Waals surface area contributed by atoms with E-state index in [1.54, 1.807) is 18.2 Å². The summed E-state index contributed by atoms with van der Waals surface area (Å²) in [5, 5.41) is 4.31. The fourth-order valence-electron chi connectivity index (χ4n) is 7.16. The van der Waals surface area contributed by atoms with Crippen LogP contribution in [0.15, 0.2) is 47.3 Å². The monoisotopic (exact) mass is 684 g/mol. The van der Waals surface area contributed by atoms with Crippen LogP contribution < -0.4 is 10.1 Å². The van der Waals surface area contributed by atoms with Crippen LogP contribution in [0.1, 0.15) is 107 Å². The fraction of sp³-hybridized carbons (Fsp3) is 0.526. The van der Waals surface area contributed by atoms with Crippen molar-refractivity contribution in [1.29, 1.82) is 0 Å². The Balaban J connectivity index is 1.11. The lowest BCUT2D eigenvalue weighted by Gasteiger charge is -2.53. The number of imidazole rings is 1. The van der Waals surface area contributed by atoms with Crippen LogP contribution in [-0.4, -0.2) is 68.4 Å². The molecule has 1 unspecified atom stereocenters. The number of carbonyl (C=O) groups excluding carboxylic acids is 3. The zero-order chi connectivity index (χ0) is 35.5. The molecule has 12 heteroatoms. The summed E-state index contributed by atoms with van der Waals surface area (Å²) >= 11 is 0. The second-order valence-corrected chi connectivity index (χ2v) is 14.9. The number of nitrogens with zero attached hydrogens (tertiary/aromatic N) is 4. The highest BCUT2D eigenvalue weighted by Gasteiger charge is 2.48. The van der Waals surface area contributed by atoms with E-state index in [1.807, 2.05) is 52.0 Å². The lowest BCUT2D eigenvalue weighted by atomic mass is 9.66. The predicted octanol–water partition coefficient (Wildman–Crippen LogP) is 7.35. The minimum Gasteiger partial charge on any atom is -0.496 e. The van der Waals surface area contributed by atoms with E-state index in [0.29, 0.717) is 43.9 Å². The third-order valence-corrected chi connectivity index (χ3v) is 9.87. The summed E-state index contributed by atoms with van der Waals surface area (Å²) in [5.74, 6) is 1.30. The van der Waals surface area contributed by atoms with Crippen molar-refractivity contribution in [2.75, 3.05) is 20.2 Å². The van der Waals surface area contributed by atoms with Crippen LogP contribution in [0.25, 0.3) is 22.2 Å². The normalized spacial score (nSPS) is 16.6. The highest BCUT2D eigenvalue weighted by atomic mass is 16.6. The second kappa shape index (κ2) is 14.6. The summed E-state index contributed by atoms with van der Waals surface area (Å²) in [6.07, 6.45) is 11.0. The number of hydrogen-bond acceptors (Lipinski definition) is 9. The molecular weight excluding hydrogens is 636 g/mol. The molecule has 2 N–H and O–H groups in total. The van der Waals surface area contributed by atoms with Crippen LogP contribution in [0.3, 0.4) is 0 Å². The van der Waals surface area contributed by atoms with Crippen molar-refractivity contribution >= 4 is 28.7 Å². The number of hydrogen-bond donors (Lipinski definition) is 2. The first kappa shape index (κ1) is 35.1. The molecule has 0 radical (unpaired) electrons. The lowest BCUT2D eigenvalue weighted by Crippen LogP contribution is -2.60. The van der Waals surface area contributed by atoms with Gasteiger partial charge >= 0.3 is 6.09 Å². The maximum absolute atomic E-state index is 13.8. The number of oxazole rings is 1. The quantitative estimate of drug-likeness (QED) is 0.115. The van der Waals surface area contributed by atoms with Gasteiger partial charge in [-0.2, -0.15) is 0 Å². The van der Waals surface area contributed by atoms with Gasteiger partial charge in [0.1, 0.15) is 23.4 Å². The number of nitrogens with one attached hydrogen (secondary N) is 2. The molecule has 2 amide bonds. The van der Waals surface area contributed by atoms with Gasteiger partial charge in [0.05, 0.1) is 36.8 Å². The van der Waals surface area contributed by atoms with Gasteiger partial charge in [-0.1, -0.05) is 18.9 Å². The van der Waals surface area contributed by atoms with Crippen molar-refractivity contribution in [2.45, 2.75) is 97.1 Å². The zero-order valence-corrected chi connectivity index (χ0v) is 29.7. The Morgan fingerprint density at radius 3 is 2.58 bits per heavy atom. The average molecular weight is 685 g/mol. The van der Waals surface area contributed by atoms with Crippen LogP contribution in [0.5, 0.6) is 5.75 Å². The van der Waals surface area contributed by atoms with E-state index in [9.17, 15) is 14.4 Å². The van der Waals surface area contributed by atoms with Gasteiger partial charge in [-0.3, -0.25) is 14.6 Å². The van der Waals surface area contributed by atoms with Gasteiger partial charge in [0.25, 0.3) is 5.89 Å². The van der Waals surface area contributed by atoms with Crippen LogP contribution in [-0.2, 0) is 9.53 Å². The van der Waals surface area contributed by atoms with E-state index >= 15 is 0 Å². The molecule has 2 aliphatic rings. The number of aryl methyl sites for hydroxylation is 1. The maximum atomic E-state index is 13.8. The van der Waals surface area contributed by atoms with E-state index in [4.69, 9.17) is 18.9 Å². The maximum Gasteiger partial charge on any atom is 0.410 e. The van der Waals surface area contributed by atoms with Crippen LogP contribution >= 0.6 is 0 Å². The van der Waals surface area contributed by atoms with Crippen LogP contribution in [0, 0.1) is 18.3 Å². The summed E-state index contributed by atoms with van der Waals surface area (Å²) in [7, 11) is 1.64. The van der Waals surface area contributed by atoms with E-state index in [1.165, 1.54) is 12.5 Å². The Hall–Kier alpha value is -4.74. The number of rotatable bonds is 12. The standard InChI is InChI=1S/C38H48N6O6/c1-24-11-12-26-19-27(32(48-5)20-29(26)41-24)30-21-40-33(42-30)28(9-7-6-8-10-31(45)35-39-17-18-49-35)43-34(46)25-13-15-38(16-14-25)22-44(23-38)36(47)50-37(2,3)4/h11-12,17-21,25,28H,6-10,13-16,22-23H2,1-5H3,(H,40,42)(H,43,46). The number of ketones is 1. The fourth-order valence-corrected chi connectivity index (χ4v) is 7.16. The summed E-state index contributed by atoms with van der Waals surface area (Å²) in [6.45, 7) is 8.95. The smallest absolute Gasteiger partial charge is 0.410 e. The molecular formula is C38H48N6O6. The molecule has 4 heterocycles. The number of amides is 2. The predicted molar refractivity (Wildman–Crippen MR) is 188 cm³/mol. The van der Waals surface area contributed by atoms with Gasteiger partial charge < -0.3 is 29.1 Å². The number of aromatic nitrogens is 4. The SMILES string of the molecule is COc1cc2nc(C)ccc2cc1-c1cnc(C(CCCCCC(=O)c2ncco2)NC(=O)C2CCC3(CC2)CN(C(=O)OC(C)(C)C)C3)[nH]1. The van der Waals surface area contributed by atoms with E-state index in [0.717, 1.165) is 66.4 Å². The van der Waals surface area contributed by atoms with Gasteiger partial charge in [0, 0.05) is 53.6 Å². The van der Waals surface area contributed by atoms with E-state index < -0.39 is 5.60 Å². The van der Waals surface area contributed by atoms with E-state index in [-0.39, 0.29) is 41.0 Å². The Bertz CT molecular complexity index is 1810. The summed E-state index contributed by atoms with van der Waals surface area (Å²) < 4.78 is 16.4. The summed E-state index contributed by atoms with van der Waals surface area (Å²) in [6, 6.07) is 7.66. The first-order valence-electron chi connectivity index (χ1n) is 17.6. The largest absolute Gasteiger partial charge is 0.496 e. The number of pyridine rings is 1. The molecule has 4 aromatic rings. The molecule has 1 atom stereocenters. The van der Waals surface area contributed by atoms with Crippen molar-refractivity contribution in [3.05, 3.63) is 60.3 Å². The number of benzene rings is 1. The van der Waals surface area contributed by atoms with Crippen molar-refractivity contribution < 1.29 is 28.3 Å². The van der Waals surface area contributed by atoms with Gasteiger partial charge in [-0.05, 0) is 78.4 Å². The molecule has 266 valence electrons. The minimum atomic E-state index is -0.520. The molecule has 1 aliphatic heterocycles. The van der Waals surface area contributed by atoms with Crippen molar-refractivity contribution in [3.63, 3.8) is 0 Å². The molecule has 0 bridgehead atoms. The second-order valence-electron chi connectivity index (χ2n) is 14.9. The number of Topliss-reactive ketones (excluding diaryl/α,β-unsaturated/α-hetero) is 1. The number of carbonyl (C=O) groups is 3. The van der Waals surface area contributed by atoms with E-state index in [2.05, 4.69) is 20.3 Å². The topological polar surface area (TPSA) is 153 Å². The van der Waals surface area contributed by atoms with Gasteiger partial charge in [0.2, 0.25) is 11.7 Å². The molecule has 50 heavy (non-hydrogen) atoms. The molecule has 6 rings (SSSR count). The van der Waals surface area contributed by atoms with Crippen LogP contribution in [0.4, 0.5) is 4.79 Å². The first-order valence-corrected chi connectivity index (χ1v) is 17.6.